The summed E-state index contributed by atoms with van der Waals surface area (Å²) in [5.74, 6) is 2.42. The molecule has 4 rings (SSSR count). The average molecular weight is 356 g/mol. The zero-order valence-corrected chi connectivity index (χ0v) is 14.9. The zero-order valence-electron chi connectivity index (χ0n) is 14.9. The van der Waals surface area contributed by atoms with Crippen LogP contribution in [0.3, 0.4) is 0 Å². The Morgan fingerprint density at radius 1 is 1.31 bits per heavy atom. The number of aryl methyl sites for hydroxylation is 1. The molecule has 1 saturated carbocycles. The number of fused-ring (bicyclic) bond motifs is 1. The van der Waals surface area contributed by atoms with E-state index in [1.165, 1.54) is 25.7 Å². The molecule has 2 fully saturated rings. The van der Waals surface area contributed by atoms with E-state index < -0.39 is 0 Å². The number of aromatic nitrogens is 2. The maximum atomic E-state index is 12.5. The van der Waals surface area contributed by atoms with E-state index >= 15 is 0 Å². The summed E-state index contributed by atoms with van der Waals surface area (Å²) in [5.41, 5.74) is 0.773. The molecule has 7 heteroatoms. The van der Waals surface area contributed by atoms with Crippen LogP contribution < -0.4 is 15.4 Å². The van der Waals surface area contributed by atoms with Gasteiger partial charge in [0, 0.05) is 18.7 Å². The number of carbonyl (C=O) groups is 1. The van der Waals surface area contributed by atoms with Crippen LogP contribution in [-0.4, -0.2) is 28.1 Å². The maximum absolute atomic E-state index is 12.5. The summed E-state index contributed by atoms with van der Waals surface area (Å²) >= 11 is 0. The van der Waals surface area contributed by atoms with Crippen LogP contribution in [0.1, 0.15) is 43.8 Å². The Hall–Kier alpha value is -2.41. The molecule has 26 heavy (non-hydrogen) atoms. The molecule has 1 saturated heterocycles. The molecule has 138 valence electrons. The highest BCUT2D eigenvalue weighted by Gasteiger charge is 2.38. The molecule has 2 aromatic rings. The molecule has 1 aliphatic heterocycles. The second kappa shape index (κ2) is 7.45. The Morgan fingerprint density at radius 2 is 2.12 bits per heavy atom. The van der Waals surface area contributed by atoms with E-state index in [1.54, 1.807) is 6.92 Å². The second-order valence-corrected chi connectivity index (χ2v) is 7.14. The van der Waals surface area contributed by atoms with Gasteiger partial charge in [0.05, 0.1) is 6.04 Å². The minimum atomic E-state index is -0.0829. The van der Waals surface area contributed by atoms with Crippen molar-refractivity contribution in [2.45, 2.75) is 57.7 Å². The highest BCUT2D eigenvalue weighted by Crippen LogP contribution is 2.33. The van der Waals surface area contributed by atoms with E-state index in [9.17, 15) is 4.79 Å². The Morgan fingerprint density at radius 3 is 2.85 bits per heavy atom. The van der Waals surface area contributed by atoms with E-state index in [-0.39, 0.29) is 18.6 Å². The number of carbonyl (C=O) groups excluding carboxylic acids is 1. The van der Waals surface area contributed by atoms with Crippen LogP contribution in [-0.2, 0) is 11.4 Å². The Bertz CT molecular complexity index is 744. The van der Waals surface area contributed by atoms with Crippen molar-refractivity contribution >= 4 is 11.6 Å². The third-order valence-corrected chi connectivity index (χ3v) is 5.24. The summed E-state index contributed by atoms with van der Waals surface area (Å²) < 4.78 is 10.5. The molecule has 0 radical (unpaired) electrons. The second-order valence-electron chi connectivity index (χ2n) is 7.14. The molecule has 0 bridgehead atoms. The number of hydrogen-bond donors (Lipinski definition) is 2. The Balaban J connectivity index is 1.29. The van der Waals surface area contributed by atoms with E-state index in [4.69, 9.17) is 9.26 Å². The summed E-state index contributed by atoms with van der Waals surface area (Å²) in [4.78, 5) is 16.6. The minimum Gasteiger partial charge on any atom is -0.485 e. The fourth-order valence-electron chi connectivity index (χ4n) is 3.93. The van der Waals surface area contributed by atoms with Gasteiger partial charge < -0.3 is 19.9 Å². The summed E-state index contributed by atoms with van der Waals surface area (Å²) in [6, 6.07) is 7.77. The number of rotatable bonds is 5. The van der Waals surface area contributed by atoms with Gasteiger partial charge in [-0.3, -0.25) is 4.79 Å². The van der Waals surface area contributed by atoms with Crippen LogP contribution in [0.2, 0.25) is 0 Å². The van der Waals surface area contributed by atoms with Crippen LogP contribution in [0.5, 0.6) is 5.75 Å². The van der Waals surface area contributed by atoms with Crippen LogP contribution in [0.4, 0.5) is 5.69 Å². The summed E-state index contributed by atoms with van der Waals surface area (Å²) in [6.45, 7) is 1.99. The number of benzene rings is 1. The highest BCUT2D eigenvalue weighted by molar-refractivity contribution is 5.95. The van der Waals surface area contributed by atoms with Crippen molar-refractivity contribution in [3.8, 4) is 5.75 Å². The molecule has 2 heterocycles. The normalized spacial score (nSPS) is 24.9. The fraction of sp³-hybridized carbons (Fsp3) is 0.526. The third-order valence-electron chi connectivity index (χ3n) is 5.24. The van der Waals surface area contributed by atoms with Gasteiger partial charge in [0.2, 0.25) is 17.6 Å². The lowest BCUT2D eigenvalue weighted by molar-refractivity contribution is -0.117. The first-order valence-electron chi connectivity index (χ1n) is 9.26. The number of nitrogens with zero attached hydrogens (tertiary/aromatic N) is 2. The Kier molecular flexibility index (Phi) is 4.88. The van der Waals surface area contributed by atoms with Gasteiger partial charge in [0.1, 0.15) is 5.75 Å². The van der Waals surface area contributed by atoms with E-state index in [2.05, 4.69) is 20.8 Å². The van der Waals surface area contributed by atoms with Crippen molar-refractivity contribution in [2.24, 2.45) is 5.92 Å². The van der Waals surface area contributed by atoms with Gasteiger partial charge in [-0.05, 0) is 49.4 Å². The predicted molar refractivity (Wildman–Crippen MR) is 95.7 cm³/mol. The van der Waals surface area contributed by atoms with Gasteiger partial charge >= 0.3 is 0 Å². The monoisotopic (exact) mass is 356 g/mol. The highest BCUT2D eigenvalue weighted by atomic mass is 16.5. The number of ether oxygens (including phenoxy) is 1. The molecule has 0 spiro atoms. The average Bonchev–Trinajstić information content (AvgIpc) is 3.27. The smallest absolute Gasteiger partial charge is 0.241 e. The lowest BCUT2D eigenvalue weighted by Gasteiger charge is -2.24. The predicted octanol–water partition coefficient (Wildman–Crippen LogP) is 2.82. The van der Waals surface area contributed by atoms with Crippen molar-refractivity contribution in [1.82, 2.24) is 15.5 Å². The van der Waals surface area contributed by atoms with Crippen molar-refractivity contribution in [1.29, 1.82) is 0 Å². The third kappa shape index (κ3) is 3.88. The van der Waals surface area contributed by atoms with Gasteiger partial charge in [-0.1, -0.05) is 18.0 Å². The Labute approximate surface area is 152 Å². The number of nitrogens with one attached hydrogen (secondary N) is 2. The van der Waals surface area contributed by atoms with Gasteiger partial charge in [-0.2, -0.15) is 4.98 Å². The molecular formula is C19H24N4O3. The molecule has 7 nitrogen and oxygen atoms in total. The van der Waals surface area contributed by atoms with Crippen LogP contribution in [0.25, 0.3) is 0 Å². The van der Waals surface area contributed by atoms with Crippen LogP contribution >= 0.6 is 0 Å². The summed E-state index contributed by atoms with van der Waals surface area (Å²) in [5, 5.41) is 10.3. The molecule has 1 aromatic carbocycles. The van der Waals surface area contributed by atoms with Crippen LogP contribution in [0.15, 0.2) is 28.8 Å². The summed E-state index contributed by atoms with van der Waals surface area (Å²) in [6.07, 6.45) is 5.95. The maximum Gasteiger partial charge on any atom is 0.241 e. The molecule has 1 amide bonds. The molecule has 3 unspecified atom stereocenters. The SMILES string of the molecule is Cc1nc(COc2ccc(NC(=O)C3CC4CCCCC4N3)cc2)no1. The quantitative estimate of drug-likeness (QED) is 0.856. The summed E-state index contributed by atoms with van der Waals surface area (Å²) in [7, 11) is 0. The van der Waals surface area contributed by atoms with E-state index in [0.29, 0.717) is 29.4 Å². The molecule has 1 aliphatic carbocycles. The molecule has 2 N–H and O–H groups in total. The standard InChI is InChI=1S/C19H24N4O3/c1-12-20-18(23-26-12)11-25-15-8-6-14(7-9-15)21-19(24)17-10-13-4-2-3-5-16(13)22-17/h6-9,13,16-17,22H,2-5,10-11H2,1H3,(H,21,24). The number of hydrogen-bond acceptors (Lipinski definition) is 6. The van der Waals surface area contributed by atoms with Crippen LogP contribution in [0, 0.1) is 12.8 Å². The van der Waals surface area contributed by atoms with Crippen molar-refractivity contribution in [2.75, 3.05) is 5.32 Å². The lowest BCUT2D eigenvalue weighted by Crippen LogP contribution is -2.39. The first-order valence-corrected chi connectivity index (χ1v) is 9.26. The van der Waals surface area contributed by atoms with Gasteiger partial charge in [-0.25, -0.2) is 0 Å². The van der Waals surface area contributed by atoms with Crippen molar-refractivity contribution in [3.63, 3.8) is 0 Å². The topological polar surface area (TPSA) is 89.3 Å². The molecule has 2 aliphatic rings. The van der Waals surface area contributed by atoms with Crippen molar-refractivity contribution < 1.29 is 14.1 Å². The largest absolute Gasteiger partial charge is 0.485 e. The molecule has 1 aromatic heterocycles. The first-order chi connectivity index (χ1) is 12.7. The molecular weight excluding hydrogens is 332 g/mol. The lowest BCUT2D eigenvalue weighted by atomic mass is 9.85. The van der Waals surface area contributed by atoms with Crippen molar-refractivity contribution in [3.05, 3.63) is 36.0 Å². The van der Waals surface area contributed by atoms with E-state index in [0.717, 1.165) is 12.1 Å². The first kappa shape index (κ1) is 17.0. The zero-order chi connectivity index (χ0) is 17.9. The number of amides is 1. The van der Waals surface area contributed by atoms with Gasteiger partial charge in [-0.15, -0.1) is 0 Å². The van der Waals surface area contributed by atoms with Gasteiger partial charge in [0.15, 0.2) is 6.61 Å². The number of anilines is 1. The molecule has 3 atom stereocenters. The van der Waals surface area contributed by atoms with Gasteiger partial charge in [0.25, 0.3) is 0 Å². The minimum absolute atomic E-state index is 0.0512. The van der Waals surface area contributed by atoms with E-state index in [1.807, 2.05) is 24.3 Å². The fourth-order valence-corrected chi connectivity index (χ4v) is 3.93.